The van der Waals surface area contributed by atoms with Gasteiger partial charge in [-0.15, -0.1) is 0 Å². The number of hydrogen-bond acceptors (Lipinski definition) is 8. The van der Waals surface area contributed by atoms with E-state index in [1.54, 1.807) is 32.6 Å². The van der Waals surface area contributed by atoms with Crippen LogP contribution in [-0.4, -0.2) is 44.1 Å². The number of aromatic nitrogens is 2. The number of sulfone groups is 1. The van der Waals surface area contributed by atoms with E-state index < -0.39 is 27.1 Å². The molecular weight excluding hydrogens is 490 g/mol. The standard InChI is InChI=1S/C25H24F2N4O4S/c1-34-22-9-8-16(11-23(22)35-2)14-31-10-4-5-17(15-31)20-13-21(24(26)27)30-25(29-20)36(32,33)19-7-3-6-18(28)12-19/h3-9,11-13,15,24H,10,14,28H2,1-2H3. The smallest absolute Gasteiger partial charge is 0.280 e. The summed E-state index contributed by atoms with van der Waals surface area (Å²) in [5.74, 6) is 1.19. The predicted octanol–water partition coefficient (Wildman–Crippen LogP) is 4.26. The van der Waals surface area contributed by atoms with Gasteiger partial charge in [0, 0.05) is 30.5 Å². The molecule has 3 aromatic rings. The third kappa shape index (κ3) is 5.30. The number of halogens is 2. The van der Waals surface area contributed by atoms with E-state index in [9.17, 15) is 17.2 Å². The molecule has 36 heavy (non-hydrogen) atoms. The number of allylic oxidation sites excluding steroid dienone is 2. The number of nitrogens with zero attached hydrogens (tertiary/aromatic N) is 3. The molecule has 0 unspecified atom stereocenters. The second kappa shape index (κ2) is 10.3. The molecule has 1 aromatic heterocycles. The van der Waals surface area contributed by atoms with E-state index in [4.69, 9.17) is 15.2 Å². The van der Waals surface area contributed by atoms with Gasteiger partial charge in [0.25, 0.3) is 11.6 Å². The van der Waals surface area contributed by atoms with Crippen LogP contribution < -0.4 is 15.2 Å². The van der Waals surface area contributed by atoms with Crippen LogP contribution in [0, 0.1) is 0 Å². The summed E-state index contributed by atoms with van der Waals surface area (Å²) >= 11 is 0. The lowest BCUT2D eigenvalue weighted by molar-refractivity contribution is 0.145. The average Bonchev–Trinajstić information content (AvgIpc) is 2.88. The Morgan fingerprint density at radius 3 is 2.53 bits per heavy atom. The van der Waals surface area contributed by atoms with Crippen molar-refractivity contribution < 1.29 is 26.7 Å². The highest BCUT2D eigenvalue weighted by molar-refractivity contribution is 7.91. The Balaban J connectivity index is 1.70. The van der Waals surface area contributed by atoms with Crippen molar-refractivity contribution in [3.05, 3.63) is 83.8 Å². The number of benzene rings is 2. The first-order valence-electron chi connectivity index (χ1n) is 10.8. The molecule has 2 aromatic carbocycles. The lowest BCUT2D eigenvalue weighted by atomic mass is 10.1. The molecule has 11 heteroatoms. The first kappa shape index (κ1) is 25.1. The molecule has 0 saturated carbocycles. The lowest BCUT2D eigenvalue weighted by Gasteiger charge is -2.24. The Morgan fingerprint density at radius 2 is 1.83 bits per heavy atom. The maximum Gasteiger partial charge on any atom is 0.280 e. The van der Waals surface area contributed by atoms with Gasteiger partial charge in [-0.05, 0) is 42.0 Å². The molecule has 188 valence electrons. The summed E-state index contributed by atoms with van der Waals surface area (Å²) in [4.78, 5) is 9.56. The number of methoxy groups -OCH3 is 2. The molecule has 0 atom stereocenters. The predicted molar refractivity (Wildman–Crippen MR) is 130 cm³/mol. The molecule has 0 bridgehead atoms. The lowest BCUT2D eigenvalue weighted by Crippen LogP contribution is -2.20. The van der Waals surface area contributed by atoms with Crippen LogP contribution >= 0.6 is 0 Å². The van der Waals surface area contributed by atoms with Crippen molar-refractivity contribution in [1.29, 1.82) is 0 Å². The number of hydrogen-bond donors (Lipinski definition) is 1. The Hall–Kier alpha value is -3.99. The molecule has 0 aliphatic carbocycles. The average molecular weight is 515 g/mol. The summed E-state index contributed by atoms with van der Waals surface area (Å²) in [7, 11) is -1.18. The highest BCUT2D eigenvalue weighted by atomic mass is 32.2. The molecule has 1 aliphatic rings. The van der Waals surface area contributed by atoms with E-state index in [-0.39, 0.29) is 16.3 Å². The third-order valence-electron chi connectivity index (χ3n) is 5.45. The van der Waals surface area contributed by atoms with Gasteiger partial charge in [-0.1, -0.05) is 24.3 Å². The highest BCUT2D eigenvalue weighted by Crippen LogP contribution is 2.30. The second-order valence-corrected chi connectivity index (χ2v) is 9.79. The molecule has 2 N–H and O–H groups in total. The number of anilines is 1. The summed E-state index contributed by atoms with van der Waals surface area (Å²) in [6, 6.07) is 12.2. The van der Waals surface area contributed by atoms with E-state index in [0.29, 0.717) is 30.2 Å². The van der Waals surface area contributed by atoms with Gasteiger partial charge in [-0.25, -0.2) is 27.2 Å². The van der Waals surface area contributed by atoms with E-state index in [1.165, 1.54) is 24.3 Å². The number of rotatable bonds is 8. The quantitative estimate of drug-likeness (QED) is 0.351. The zero-order chi connectivity index (χ0) is 25.9. The Kier molecular flexibility index (Phi) is 7.20. The molecular formula is C25H24F2N4O4S. The fourth-order valence-electron chi connectivity index (χ4n) is 3.69. The molecule has 8 nitrogen and oxygen atoms in total. The zero-order valence-electron chi connectivity index (χ0n) is 19.6. The second-order valence-electron chi connectivity index (χ2n) is 7.94. The van der Waals surface area contributed by atoms with Gasteiger partial charge in [0.1, 0.15) is 5.69 Å². The summed E-state index contributed by atoms with van der Waals surface area (Å²) in [5, 5.41) is -0.716. The van der Waals surface area contributed by atoms with Crippen molar-refractivity contribution in [2.24, 2.45) is 0 Å². The minimum atomic E-state index is -4.28. The number of alkyl halides is 2. The van der Waals surface area contributed by atoms with Crippen molar-refractivity contribution in [3.63, 3.8) is 0 Å². The van der Waals surface area contributed by atoms with E-state index in [1.807, 2.05) is 23.1 Å². The van der Waals surface area contributed by atoms with Gasteiger partial charge < -0.3 is 20.1 Å². The summed E-state index contributed by atoms with van der Waals surface area (Å²) < 4.78 is 64.2. The van der Waals surface area contributed by atoms with Crippen LogP contribution in [0.1, 0.15) is 23.4 Å². The SMILES string of the molecule is COc1ccc(CN2C=C(c3cc(C(F)F)nc(S(=O)(=O)c4cccc(N)c4)n3)C=CC2)cc1OC. The van der Waals surface area contributed by atoms with Crippen molar-refractivity contribution in [2.75, 3.05) is 26.5 Å². The Morgan fingerprint density at radius 1 is 1.06 bits per heavy atom. The van der Waals surface area contributed by atoms with Crippen LogP contribution in [0.15, 0.2) is 76.9 Å². The van der Waals surface area contributed by atoms with E-state index in [0.717, 1.165) is 11.6 Å². The molecule has 2 heterocycles. The maximum absolute atomic E-state index is 13.7. The van der Waals surface area contributed by atoms with Crippen molar-refractivity contribution in [2.45, 2.75) is 23.0 Å². The van der Waals surface area contributed by atoms with E-state index in [2.05, 4.69) is 9.97 Å². The van der Waals surface area contributed by atoms with Gasteiger partial charge in [0.05, 0.1) is 24.8 Å². The number of nitrogen functional groups attached to an aromatic ring is 1. The number of nitrogens with two attached hydrogens (primary N) is 1. The first-order valence-corrected chi connectivity index (χ1v) is 12.3. The highest BCUT2D eigenvalue weighted by Gasteiger charge is 2.26. The fourth-order valence-corrected chi connectivity index (χ4v) is 4.90. The summed E-state index contributed by atoms with van der Waals surface area (Å²) in [6.07, 6.45) is 2.30. The zero-order valence-corrected chi connectivity index (χ0v) is 20.4. The van der Waals surface area contributed by atoms with Gasteiger partial charge >= 0.3 is 0 Å². The normalized spacial score (nSPS) is 13.6. The molecule has 0 amide bonds. The largest absolute Gasteiger partial charge is 0.493 e. The Labute approximate surface area is 207 Å². The van der Waals surface area contributed by atoms with Gasteiger partial charge in [-0.2, -0.15) is 0 Å². The van der Waals surface area contributed by atoms with Crippen LogP contribution in [0.3, 0.4) is 0 Å². The van der Waals surface area contributed by atoms with Crippen LogP contribution in [0.25, 0.3) is 5.57 Å². The topological polar surface area (TPSA) is 108 Å². The maximum atomic E-state index is 13.7. The summed E-state index contributed by atoms with van der Waals surface area (Å²) in [5.41, 5.74) is 6.70. The fraction of sp³-hybridized carbons (Fsp3) is 0.200. The number of ether oxygens (including phenoxy) is 2. The van der Waals surface area contributed by atoms with Crippen LogP contribution in [0.4, 0.5) is 14.5 Å². The molecule has 1 aliphatic heterocycles. The van der Waals surface area contributed by atoms with Crippen molar-refractivity contribution in [1.82, 2.24) is 14.9 Å². The van der Waals surface area contributed by atoms with Crippen molar-refractivity contribution in [3.8, 4) is 11.5 Å². The first-order chi connectivity index (χ1) is 17.2. The minimum absolute atomic E-state index is 0.0658. The van der Waals surface area contributed by atoms with Crippen LogP contribution in [0.2, 0.25) is 0 Å². The summed E-state index contributed by atoms with van der Waals surface area (Å²) in [6.45, 7) is 1.04. The van der Waals surface area contributed by atoms with Gasteiger partial charge in [-0.3, -0.25) is 0 Å². The van der Waals surface area contributed by atoms with E-state index >= 15 is 0 Å². The van der Waals surface area contributed by atoms with Gasteiger partial charge in [0.2, 0.25) is 9.84 Å². The molecule has 0 radical (unpaired) electrons. The van der Waals surface area contributed by atoms with Crippen LogP contribution in [-0.2, 0) is 16.4 Å². The molecule has 0 fully saturated rings. The minimum Gasteiger partial charge on any atom is -0.493 e. The molecule has 0 spiro atoms. The van der Waals surface area contributed by atoms with Crippen molar-refractivity contribution >= 4 is 21.1 Å². The molecule has 4 rings (SSSR count). The monoisotopic (exact) mass is 514 g/mol. The van der Waals surface area contributed by atoms with Gasteiger partial charge in [0.15, 0.2) is 11.5 Å². The Bertz CT molecular complexity index is 1440. The third-order valence-corrected chi connectivity index (χ3v) is 6.98. The van der Waals surface area contributed by atoms with Crippen LogP contribution in [0.5, 0.6) is 11.5 Å². The molecule has 0 saturated heterocycles.